The molecule has 0 radical (unpaired) electrons. The SMILES string of the molecule is CC(NC(=O)c1ccccc1)C(=O)N[C@H]1CCCNC1.Cl. The van der Waals surface area contributed by atoms with Crippen molar-refractivity contribution in [1.82, 2.24) is 16.0 Å². The average Bonchev–Trinajstić information content (AvgIpc) is 2.49. The molecule has 1 heterocycles. The maximum atomic E-state index is 12.0. The summed E-state index contributed by atoms with van der Waals surface area (Å²) in [5.41, 5.74) is 0.562. The molecule has 21 heavy (non-hydrogen) atoms. The van der Waals surface area contributed by atoms with Crippen molar-refractivity contribution in [3.63, 3.8) is 0 Å². The third kappa shape index (κ3) is 5.36. The van der Waals surface area contributed by atoms with Crippen molar-refractivity contribution in [3.8, 4) is 0 Å². The van der Waals surface area contributed by atoms with Crippen LogP contribution in [0.5, 0.6) is 0 Å². The standard InChI is InChI=1S/C15H21N3O2.ClH/c1-11(14(19)18-13-8-5-9-16-10-13)17-15(20)12-6-3-2-4-7-12;/h2-4,6-7,11,13,16H,5,8-10H2,1H3,(H,17,20)(H,18,19);1H/t11?,13-;/m0./s1. The predicted octanol–water partition coefficient (Wildman–Crippen LogP) is 1.09. The first kappa shape index (κ1) is 17.5. The van der Waals surface area contributed by atoms with Crippen LogP contribution in [0, 0.1) is 0 Å². The van der Waals surface area contributed by atoms with Gasteiger partial charge in [-0.1, -0.05) is 18.2 Å². The highest BCUT2D eigenvalue weighted by atomic mass is 35.5. The first-order valence-electron chi connectivity index (χ1n) is 7.04. The van der Waals surface area contributed by atoms with Crippen molar-refractivity contribution in [2.75, 3.05) is 13.1 Å². The van der Waals surface area contributed by atoms with E-state index in [1.54, 1.807) is 31.2 Å². The van der Waals surface area contributed by atoms with Crippen LogP contribution >= 0.6 is 12.4 Å². The molecule has 0 saturated carbocycles. The Labute approximate surface area is 131 Å². The molecule has 3 N–H and O–H groups in total. The Kier molecular flexibility index (Phi) is 7.19. The summed E-state index contributed by atoms with van der Waals surface area (Å²) in [6.45, 7) is 3.50. The number of nitrogens with one attached hydrogen (secondary N) is 3. The van der Waals surface area contributed by atoms with E-state index in [-0.39, 0.29) is 30.3 Å². The summed E-state index contributed by atoms with van der Waals surface area (Å²) in [4.78, 5) is 24.0. The molecule has 0 aromatic heterocycles. The summed E-state index contributed by atoms with van der Waals surface area (Å²) >= 11 is 0. The van der Waals surface area contributed by atoms with Crippen molar-refractivity contribution in [2.45, 2.75) is 31.8 Å². The van der Waals surface area contributed by atoms with E-state index in [0.717, 1.165) is 25.9 Å². The molecule has 1 aliphatic heterocycles. The molecule has 0 aliphatic carbocycles. The van der Waals surface area contributed by atoms with Gasteiger partial charge in [-0.2, -0.15) is 0 Å². The van der Waals surface area contributed by atoms with Gasteiger partial charge >= 0.3 is 0 Å². The average molecular weight is 312 g/mol. The third-order valence-electron chi connectivity index (χ3n) is 3.42. The van der Waals surface area contributed by atoms with E-state index in [4.69, 9.17) is 0 Å². The number of carbonyl (C=O) groups excluding carboxylic acids is 2. The summed E-state index contributed by atoms with van der Waals surface area (Å²) in [7, 11) is 0. The van der Waals surface area contributed by atoms with Crippen LogP contribution in [0.15, 0.2) is 30.3 Å². The van der Waals surface area contributed by atoms with Gasteiger partial charge in [0.25, 0.3) is 5.91 Å². The van der Waals surface area contributed by atoms with Gasteiger partial charge in [-0.25, -0.2) is 0 Å². The largest absolute Gasteiger partial charge is 0.350 e. The Hall–Kier alpha value is -1.59. The molecule has 1 unspecified atom stereocenters. The fraction of sp³-hybridized carbons (Fsp3) is 0.467. The molecule has 1 aromatic rings. The minimum Gasteiger partial charge on any atom is -0.350 e. The minimum atomic E-state index is -0.537. The highest BCUT2D eigenvalue weighted by Gasteiger charge is 2.20. The molecule has 2 amide bonds. The van der Waals surface area contributed by atoms with Gasteiger partial charge in [0.05, 0.1) is 0 Å². The van der Waals surface area contributed by atoms with E-state index in [2.05, 4.69) is 16.0 Å². The molecule has 0 spiro atoms. The van der Waals surface area contributed by atoms with Crippen molar-refractivity contribution in [1.29, 1.82) is 0 Å². The van der Waals surface area contributed by atoms with Crippen LogP contribution in [0.25, 0.3) is 0 Å². The number of benzene rings is 1. The molecule has 1 aliphatic rings. The smallest absolute Gasteiger partial charge is 0.251 e. The van der Waals surface area contributed by atoms with Crippen LogP contribution in [-0.2, 0) is 4.79 Å². The molecule has 2 rings (SSSR count). The van der Waals surface area contributed by atoms with Crippen LogP contribution in [0.3, 0.4) is 0 Å². The lowest BCUT2D eigenvalue weighted by molar-refractivity contribution is -0.123. The summed E-state index contributed by atoms with van der Waals surface area (Å²) in [6, 6.07) is 8.52. The minimum absolute atomic E-state index is 0. The molecule has 116 valence electrons. The van der Waals surface area contributed by atoms with E-state index < -0.39 is 6.04 Å². The quantitative estimate of drug-likeness (QED) is 0.780. The number of hydrogen-bond donors (Lipinski definition) is 3. The van der Waals surface area contributed by atoms with Gasteiger partial charge in [0.1, 0.15) is 6.04 Å². The zero-order valence-corrected chi connectivity index (χ0v) is 12.9. The molecule has 5 nitrogen and oxygen atoms in total. The van der Waals surface area contributed by atoms with Gasteiger partial charge in [0.2, 0.25) is 5.91 Å². The molecule has 0 bridgehead atoms. The molecular weight excluding hydrogens is 290 g/mol. The second-order valence-electron chi connectivity index (χ2n) is 5.11. The lowest BCUT2D eigenvalue weighted by atomic mass is 10.1. The van der Waals surface area contributed by atoms with Crippen LogP contribution in [0.4, 0.5) is 0 Å². The van der Waals surface area contributed by atoms with Gasteiger partial charge in [0, 0.05) is 18.2 Å². The number of amides is 2. The maximum absolute atomic E-state index is 12.0. The topological polar surface area (TPSA) is 70.2 Å². The van der Waals surface area contributed by atoms with Crippen molar-refractivity contribution >= 4 is 24.2 Å². The first-order chi connectivity index (χ1) is 9.66. The number of carbonyl (C=O) groups is 2. The van der Waals surface area contributed by atoms with Gasteiger partial charge in [-0.15, -0.1) is 12.4 Å². The van der Waals surface area contributed by atoms with Crippen molar-refractivity contribution < 1.29 is 9.59 Å². The molecule has 1 saturated heterocycles. The monoisotopic (exact) mass is 311 g/mol. The van der Waals surface area contributed by atoms with E-state index in [1.165, 1.54) is 0 Å². The van der Waals surface area contributed by atoms with E-state index in [0.29, 0.717) is 5.56 Å². The normalized spacial score (nSPS) is 19.0. The zero-order chi connectivity index (χ0) is 14.4. The fourth-order valence-corrected chi connectivity index (χ4v) is 2.24. The van der Waals surface area contributed by atoms with E-state index >= 15 is 0 Å². The highest BCUT2D eigenvalue weighted by Crippen LogP contribution is 2.02. The van der Waals surface area contributed by atoms with Gasteiger partial charge in [-0.05, 0) is 38.4 Å². The van der Waals surface area contributed by atoms with E-state index in [9.17, 15) is 9.59 Å². The second-order valence-corrected chi connectivity index (χ2v) is 5.11. The Bertz CT molecular complexity index is 461. The van der Waals surface area contributed by atoms with Crippen molar-refractivity contribution in [2.24, 2.45) is 0 Å². The summed E-state index contributed by atoms with van der Waals surface area (Å²) in [6.07, 6.45) is 2.05. The maximum Gasteiger partial charge on any atom is 0.251 e. The summed E-state index contributed by atoms with van der Waals surface area (Å²) < 4.78 is 0. The molecule has 6 heteroatoms. The Morgan fingerprint density at radius 3 is 2.62 bits per heavy atom. The predicted molar refractivity (Wildman–Crippen MR) is 84.7 cm³/mol. The third-order valence-corrected chi connectivity index (χ3v) is 3.42. The van der Waals surface area contributed by atoms with Crippen LogP contribution in [0.1, 0.15) is 30.1 Å². The van der Waals surface area contributed by atoms with Crippen LogP contribution in [-0.4, -0.2) is 37.0 Å². The Morgan fingerprint density at radius 1 is 1.29 bits per heavy atom. The number of piperidine rings is 1. The zero-order valence-electron chi connectivity index (χ0n) is 12.1. The van der Waals surface area contributed by atoms with Crippen LogP contribution in [0.2, 0.25) is 0 Å². The second kappa shape index (κ2) is 8.64. The van der Waals surface area contributed by atoms with Gasteiger partial charge < -0.3 is 16.0 Å². The summed E-state index contributed by atoms with van der Waals surface area (Å²) in [5, 5.41) is 8.92. The fourth-order valence-electron chi connectivity index (χ4n) is 2.24. The summed E-state index contributed by atoms with van der Waals surface area (Å²) in [5.74, 6) is -0.363. The molecular formula is C15H22ClN3O2. The lowest BCUT2D eigenvalue weighted by Crippen LogP contribution is -2.52. The van der Waals surface area contributed by atoms with E-state index in [1.807, 2.05) is 6.07 Å². The number of hydrogen-bond acceptors (Lipinski definition) is 3. The van der Waals surface area contributed by atoms with Gasteiger partial charge in [0.15, 0.2) is 0 Å². The van der Waals surface area contributed by atoms with Gasteiger partial charge in [-0.3, -0.25) is 9.59 Å². The van der Waals surface area contributed by atoms with Crippen LogP contribution < -0.4 is 16.0 Å². The lowest BCUT2D eigenvalue weighted by Gasteiger charge is -2.25. The Morgan fingerprint density at radius 2 is 2.00 bits per heavy atom. The number of rotatable bonds is 4. The molecule has 1 fully saturated rings. The van der Waals surface area contributed by atoms with Crippen molar-refractivity contribution in [3.05, 3.63) is 35.9 Å². The highest BCUT2D eigenvalue weighted by molar-refractivity contribution is 5.97. The molecule has 1 aromatic carbocycles. The molecule has 2 atom stereocenters. The first-order valence-corrected chi connectivity index (χ1v) is 7.04. The number of halogens is 1. The Balaban J connectivity index is 0.00000220.